The molecule has 208 valence electrons. The molecule has 0 radical (unpaired) electrons. The number of hydrogen-bond acceptors (Lipinski definition) is 9. The van der Waals surface area contributed by atoms with Crippen LogP contribution in [0.2, 0.25) is 0 Å². The van der Waals surface area contributed by atoms with E-state index in [2.05, 4.69) is 6.92 Å². The maximum Gasteiger partial charge on any atom is 0.310 e. The van der Waals surface area contributed by atoms with Crippen molar-refractivity contribution in [2.24, 2.45) is 29.6 Å². The highest BCUT2D eigenvalue weighted by Crippen LogP contribution is 2.60. The van der Waals surface area contributed by atoms with E-state index in [0.29, 0.717) is 38.5 Å². The molecule has 6 aliphatic rings. The summed E-state index contributed by atoms with van der Waals surface area (Å²) in [5, 5.41) is 0. The van der Waals surface area contributed by atoms with Crippen molar-refractivity contribution in [3.8, 4) is 0 Å². The fourth-order valence-corrected chi connectivity index (χ4v) is 7.22. The van der Waals surface area contributed by atoms with E-state index >= 15 is 0 Å². The summed E-state index contributed by atoms with van der Waals surface area (Å²) in [6.07, 6.45) is 3.57. The van der Waals surface area contributed by atoms with E-state index in [4.69, 9.17) is 28.7 Å². The van der Waals surface area contributed by atoms with E-state index in [-0.39, 0.29) is 48.4 Å². The molecule has 1 spiro atoms. The van der Waals surface area contributed by atoms with Gasteiger partial charge in [0.25, 0.3) is 0 Å². The Morgan fingerprint density at radius 1 is 1.03 bits per heavy atom. The van der Waals surface area contributed by atoms with Gasteiger partial charge in [-0.15, -0.1) is 0 Å². The average Bonchev–Trinajstić information content (AvgIpc) is 3.11. The minimum absolute atomic E-state index is 0.0252. The highest BCUT2D eigenvalue weighted by Gasteiger charge is 2.69. The molecule has 1 amide bonds. The third kappa shape index (κ3) is 4.90. The smallest absolute Gasteiger partial charge is 0.310 e. The van der Waals surface area contributed by atoms with Crippen LogP contribution >= 0.6 is 0 Å². The molecule has 0 N–H and O–H groups in total. The van der Waals surface area contributed by atoms with Crippen molar-refractivity contribution in [2.75, 3.05) is 19.7 Å². The number of carbonyl (C=O) groups is 3. The van der Waals surface area contributed by atoms with Gasteiger partial charge in [-0.1, -0.05) is 13.8 Å². The first-order valence-corrected chi connectivity index (χ1v) is 14.0. The maximum atomic E-state index is 12.8. The molecule has 5 aliphatic heterocycles. The Morgan fingerprint density at radius 3 is 2.62 bits per heavy atom. The Morgan fingerprint density at radius 2 is 1.84 bits per heavy atom. The van der Waals surface area contributed by atoms with Crippen LogP contribution in [0.4, 0.5) is 0 Å². The summed E-state index contributed by atoms with van der Waals surface area (Å²) in [6, 6.07) is 0. The highest BCUT2D eigenvalue weighted by molar-refractivity contribution is 5.82. The van der Waals surface area contributed by atoms with Crippen molar-refractivity contribution in [1.82, 2.24) is 4.90 Å². The number of piperidine rings is 1. The fourth-order valence-electron chi connectivity index (χ4n) is 7.22. The molecule has 5 heterocycles. The Labute approximate surface area is 218 Å². The van der Waals surface area contributed by atoms with E-state index in [9.17, 15) is 14.4 Å². The maximum absolute atomic E-state index is 12.8. The summed E-state index contributed by atoms with van der Waals surface area (Å²) in [6.45, 7) is 9.14. The first-order valence-electron chi connectivity index (χ1n) is 14.0. The van der Waals surface area contributed by atoms with Crippen LogP contribution in [-0.4, -0.2) is 66.4 Å². The largest absolute Gasteiger partial charge is 0.466 e. The lowest BCUT2D eigenvalue weighted by Gasteiger charge is -2.59. The molecule has 0 unspecified atom stereocenters. The van der Waals surface area contributed by atoms with Gasteiger partial charge >= 0.3 is 11.9 Å². The lowest BCUT2D eigenvalue weighted by atomic mass is 9.58. The molecule has 0 aromatic rings. The minimum Gasteiger partial charge on any atom is -0.466 e. The molecule has 1 aliphatic carbocycles. The number of nitrogens with zero attached hydrogens (tertiary/aromatic N) is 1. The first-order chi connectivity index (χ1) is 17.7. The zero-order valence-electron chi connectivity index (χ0n) is 22.4. The number of ether oxygens (including phenoxy) is 4. The lowest BCUT2D eigenvalue weighted by molar-refractivity contribution is -0.576. The summed E-state index contributed by atoms with van der Waals surface area (Å²) in [4.78, 5) is 51.3. The second kappa shape index (κ2) is 10.4. The van der Waals surface area contributed by atoms with Crippen LogP contribution in [0.1, 0.15) is 79.1 Å². The molecule has 0 aromatic heterocycles. The zero-order chi connectivity index (χ0) is 26.4. The van der Waals surface area contributed by atoms with Crippen molar-refractivity contribution in [3.05, 3.63) is 0 Å². The number of hydrogen-bond donors (Lipinski definition) is 0. The molecule has 5 saturated heterocycles. The van der Waals surface area contributed by atoms with Gasteiger partial charge in [0, 0.05) is 37.8 Å². The van der Waals surface area contributed by atoms with E-state index in [1.165, 1.54) is 0 Å². The van der Waals surface area contributed by atoms with Crippen LogP contribution in [0.25, 0.3) is 0 Å². The average molecular weight is 524 g/mol. The Kier molecular flexibility index (Phi) is 7.57. The quantitative estimate of drug-likeness (QED) is 0.382. The predicted octanol–water partition coefficient (Wildman–Crippen LogP) is 3.32. The molecule has 2 bridgehead atoms. The van der Waals surface area contributed by atoms with Crippen molar-refractivity contribution in [1.29, 1.82) is 0 Å². The number of esters is 2. The van der Waals surface area contributed by atoms with Gasteiger partial charge in [-0.05, 0) is 57.8 Å². The van der Waals surface area contributed by atoms with Gasteiger partial charge in [0.2, 0.25) is 18.0 Å². The van der Waals surface area contributed by atoms with Crippen LogP contribution in [0, 0.1) is 29.6 Å². The second-order valence-electron chi connectivity index (χ2n) is 11.7. The number of rotatable bonds is 6. The van der Waals surface area contributed by atoms with Crippen LogP contribution in [-0.2, 0) is 43.1 Å². The van der Waals surface area contributed by atoms with Crippen molar-refractivity contribution >= 4 is 17.8 Å². The number of fused-ring (bicyclic) bond motifs is 2. The summed E-state index contributed by atoms with van der Waals surface area (Å²) in [5.41, 5.74) is -0.713. The molecule has 1 saturated carbocycles. The van der Waals surface area contributed by atoms with Gasteiger partial charge in [0.1, 0.15) is 0 Å². The highest BCUT2D eigenvalue weighted by atomic mass is 17.3. The van der Waals surface area contributed by atoms with Gasteiger partial charge in [0.05, 0.1) is 18.9 Å². The SMILES string of the molecule is CCOC(=O)[C@@H]1CCCN(C(=O)CCC(=O)O[C@@H]2O[C@@H]3O[C@@]4(C)CC[C@@H]5[C@H](C)CC[C@@H]([C@H]2C)[C@@]35OO4)C1. The predicted molar refractivity (Wildman–Crippen MR) is 128 cm³/mol. The fraction of sp³-hybridized carbons (Fsp3) is 0.889. The van der Waals surface area contributed by atoms with Crippen LogP contribution in [0.3, 0.4) is 0 Å². The topological polar surface area (TPSA) is 110 Å². The van der Waals surface area contributed by atoms with Gasteiger partial charge in [-0.2, -0.15) is 0 Å². The monoisotopic (exact) mass is 523 g/mol. The molecule has 10 heteroatoms. The third-order valence-electron chi connectivity index (χ3n) is 9.28. The minimum atomic E-state index is -0.894. The first kappa shape index (κ1) is 26.8. The number of carbonyl (C=O) groups excluding carboxylic acids is 3. The normalized spacial score (nSPS) is 42.9. The van der Waals surface area contributed by atoms with E-state index in [0.717, 1.165) is 25.7 Å². The van der Waals surface area contributed by atoms with Gasteiger partial charge in [0.15, 0.2) is 11.9 Å². The van der Waals surface area contributed by atoms with Crippen LogP contribution in [0.15, 0.2) is 0 Å². The zero-order valence-corrected chi connectivity index (χ0v) is 22.4. The Hall–Kier alpha value is -1.75. The van der Waals surface area contributed by atoms with Gasteiger partial charge in [-0.25, -0.2) is 9.78 Å². The second-order valence-corrected chi connectivity index (χ2v) is 11.7. The molecule has 10 nitrogen and oxygen atoms in total. The molecular formula is C27H41NO9. The molecule has 37 heavy (non-hydrogen) atoms. The summed E-state index contributed by atoms with van der Waals surface area (Å²) >= 11 is 0. The van der Waals surface area contributed by atoms with Crippen molar-refractivity contribution in [3.63, 3.8) is 0 Å². The van der Waals surface area contributed by atoms with Crippen molar-refractivity contribution in [2.45, 2.75) is 103 Å². The molecule has 0 aromatic carbocycles. The molecular weight excluding hydrogens is 482 g/mol. The van der Waals surface area contributed by atoms with E-state index < -0.39 is 29.9 Å². The summed E-state index contributed by atoms with van der Waals surface area (Å²) < 4.78 is 23.5. The van der Waals surface area contributed by atoms with Gasteiger partial charge < -0.3 is 23.8 Å². The van der Waals surface area contributed by atoms with Crippen molar-refractivity contribution < 1.29 is 43.1 Å². The standard InChI is InChI=1S/C27H41NO9/c1-5-32-23(31)18-7-6-14-28(15-18)21(29)10-11-22(30)33-24-17(3)20-9-8-16(2)19-12-13-26(4)35-25(34-24)27(19,20)37-36-26/h16-20,24-25H,5-15H2,1-4H3/t16-,17-,18-,19-,20+,24-,25-,26-,27-/m1/s1. The molecule has 9 atom stereocenters. The lowest BCUT2D eigenvalue weighted by Crippen LogP contribution is -2.70. The summed E-state index contributed by atoms with van der Waals surface area (Å²) in [5.74, 6) is -1.48. The number of likely N-dealkylation sites (tertiary alicyclic amines) is 1. The summed E-state index contributed by atoms with van der Waals surface area (Å²) in [7, 11) is 0. The third-order valence-corrected chi connectivity index (χ3v) is 9.28. The Balaban J connectivity index is 1.19. The van der Waals surface area contributed by atoms with Gasteiger partial charge in [-0.3, -0.25) is 14.4 Å². The molecule has 6 rings (SSSR count). The number of amides is 1. The van der Waals surface area contributed by atoms with E-state index in [1.54, 1.807) is 11.8 Å². The van der Waals surface area contributed by atoms with Crippen LogP contribution < -0.4 is 0 Å². The van der Waals surface area contributed by atoms with Crippen LogP contribution in [0.5, 0.6) is 0 Å². The molecule has 6 fully saturated rings. The Bertz CT molecular complexity index is 897. The van der Waals surface area contributed by atoms with E-state index in [1.807, 2.05) is 13.8 Å².